The highest BCUT2D eigenvalue weighted by Gasteiger charge is 2.33. The van der Waals surface area contributed by atoms with Crippen LogP contribution in [-0.4, -0.2) is 17.5 Å². The zero-order valence-corrected chi connectivity index (χ0v) is 12.9. The van der Waals surface area contributed by atoms with E-state index in [1.165, 1.54) is 0 Å². The average Bonchev–Trinajstić information content (AvgIpc) is 3.19. The fourth-order valence-corrected chi connectivity index (χ4v) is 2.61. The van der Waals surface area contributed by atoms with Gasteiger partial charge in [0.15, 0.2) is 0 Å². The first-order valence-corrected chi connectivity index (χ1v) is 7.75. The molecule has 0 N–H and O–H groups in total. The molecule has 0 radical (unpaired) electrons. The highest BCUT2D eigenvalue weighted by Crippen LogP contribution is 2.38. The largest absolute Gasteiger partial charge is 0.363 e. The standard InChI is InChI=1S/C14H19BrN2O2/c1-10(2)9-16(12-4-5-12)13-6-3-11(8-15)7-14(13)17(18)19/h3,6-7,10,12H,4-5,8-9H2,1-2H3. The van der Waals surface area contributed by atoms with Gasteiger partial charge in [-0.05, 0) is 30.4 Å². The first-order valence-electron chi connectivity index (χ1n) is 6.63. The van der Waals surface area contributed by atoms with Crippen molar-refractivity contribution in [1.29, 1.82) is 0 Å². The Morgan fingerprint density at radius 3 is 2.63 bits per heavy atom. The predicted octanol–water partition coefficient (Wildman–Crippen LogP) is 4.11. The Bertz CT molecular complexity index is 473. The van der Waals surface area contributed by atoms with Crippen LogP contribution in [-0.2, 0) is 5.33 Å². The Balaban J connectivity index is 2.37. The van der Waals surface area contributed by atoms with Gasteiger partial charge in [-0.1, -0.05) is 35.8 Å². The van der Waals surface area contributed by atoms with E-state index in [1.54, 1.807) is 6.07 Å². The van der Waals surface area contributed by atoms with E-state index in [0.717, 1.165) is 30.6 Å². The summed E-state index contributed by atoms with van der Waals surface area (Å²) < 4.78 is 0. The lowest BCUT2D eigenvalue weighted by atomic mass is 10.1. The molecule has 0 aliphatic heterocycles. The molecule has 1 fully saturated rings. The van der Waals surface area contributed by atoms with Gasteiger partial charge in [0.05, 0.1) is 4.92 Å². The molecular weight excluding hydrogens is 308 g/mol. The highest BCUT2D eigenvalue weighted by atomic mass is 79.9. The molecule has 2 rings (SSSR count). The molecule has 0 heterocycles. The summed E-state index contributed by atoms with van der Waals surface area (Å²) in [7, 11) is 0. The molecule has 1 aromatic carbocycles. The Kier molecular flexibility index (Phi) is 4.45. The number of nitrogens with zero attached hydrogens (tertiary/aromatic N) is 2. The van der Waals surface area contributed by atoms with Crippen LogP contribution in [0.4, 0.5) is 11.4 Å². The lowest BCUT2D eigenvalue weighted by molar-refractivity contribution is -0.384. The number of nitro benzene ring substituents is 1. The molecule has 1 aliphatic carbocycles. The molecule has 104 valence electrons. The number of hydrogen-bond acceptors (Lipinski definition) is 3. The van der Waals surface area contributed by atoms with E-state index in [2.05, 4.69) is 34.7 Å². The molecule has 0 atom stereocenters. The number of alkyl halides is 1. The van der Waals surface area contributed by atoms with Crippen molar-refractivity contribution >= 4 is 27.3 Å². The molecule has 1 aliphatic rings. The molecule has 0 spiro atoms. The lowest BCUT2D eigenvalue weighted by Gasteiger charge is -2.26. The van der Waals surface area contributed by atoms with E-state index in [9.17, 15) is 10.1 Å². The summed E-state index contributed by atoms with van der Waals surface area (Å²) in [6, 6.07) is 6.03. The summed E-state index contributed by atoms with van der Waals surface area (Å²) in [4.78, 5) is 13.2. The molecule has 0 saturated heterocycles. The van der Waals surface area contributed by atoms with Crippen molar-refractivity contribution in [3.8, 4) is 0 Å². The number of hydrogen-bond donors (Lipinski definition) is 0. The molecule has 4 nitrogen and oxygen atoms in total. The van der Waals surface area contributed by atoms with Gasteiger partial charge in [-0.3, -0.25) is 10.1 Å². The van der Waals surface area contributed by atoms with Crippen molar-refractivity contribution in [3.63, 3.8) is 0 Å². The Morgan fingerprint density at radius 1 is 1.47 bits per heavy atom. The molecule has 0 aromatic heterocycles. The van der Waals surface area contributed by atoms with Crippen LogP contribution in [0.1, 0.15) is 32.3 Å². The SMILES string of the molecule is CC(C)CN(c1ccc(CBr)cc1[N+](=O)[O-])C1CC1. The summed E-state index contributed by atoms with van der Waals surface area (Å²) in [5.74, 6) is 0.496. The molecular formula is C14H19BrN2O2. The topological polar surface area (TPSA) is 46.4 Å². The maximum absolute atomic E-state index is 11.3. The van der Waals surface area contributed by atoms with Gasteiger partial charge in [-0.25, -0.2) is 0 Å². The summed E-state index contributed by atoms with van der Waals surface area (Å²) in [6.07, 6.45) is 2.29. The summed E-state index contributed by atoms with van der Waals surface area (Å²) in [5, 5.41) is 11.9. The molecule has 0 amide bonds. The van der Waals surface area contributed by atoms with Crippen molar-refractivity contribution in [2.45, 2.75) is 38.1 Å². The lowest BCUT2D eigenvalue weighted by Crippen LogP contribution is -2.30. The summed E-state index contributed by atoms with van der Waals surface area (Å²) in [5.41, 5.74) is 1.94. The highest BCUT2D eigenvalue weighted by molar-refractivity contribution is 9.08. The van der Waals surface area contributed by atoms with Crippen LogP contribution in [0.3, 0.4) is 0 Å². The number of nitro groups is 1. The fraction of sp³-hybridized carbons (Fsp3) is 0.571. The third-order valence-electron chi connectivity index (χ3n) is 3.25. The third kappa shape index (κ3) is 3.47. The van der Waals surface area contributed by atoms with E-state index in [0.29, 0.717) is 17.3 Å². The van der Waals surface area contributed by atoms with Crippen LogP contribution >= 0.6 is 15.9 Å². The van der Waals surface area contributed by atoms with Gasteiger partial charge in [-0.15, -0.1) is 0 Å². The van der Waals surface area contributed by atoms with Crippen molar-refractivity contribution in [3.05, 3.63) is 33.9 Å². The minimum atomic E-state index is -0.267. The van der Waals surface area contributed by atoms with Gasteiger partial charge in [0.2, 0.25) is 0 Å². The van der Waals surface area contributed by atoms with Gasteiger partial charge >= 0.3 is 0 Å². The van der Waals surface area contributed by atoms with E-state index in [4.69, 9.17) is 0 Å². The maximum Gasteiger partial charge on any atom is 0.292 e. The molecule has 5 heteroatoms. The first kappa shape index (κ1) is 14.3. The predicted molar refractivity (Wildman–Crippen MR) is 80.9 cm³/mol. The number of halogens is 1. The van der Waals surface area contributed by atoms with Gasteiger partial charge in [0.25, 0.3) is 5.69 Å². The second-order valence-electron chi connectivity index (χ2n) is 5.49. The van der Waals surface area contributed by atoms with Crippen LogP contribution in [0, 0.1) is 16.0 Å². The van der Waals surface area contributed by atoms with Gasteiger partial charge in [0.1, 0.15) is 5.69 Å². The normalized spacial score (nSPS) is 14.7. The number of rotatable bonds is 6. The molecule has 1 aromatic rings. The smallest absolute Gasteiger partial charge is 0.292 e. The Labute approximate surface area is 122 Å². The number of benzene rings is 1. The van der Waals surface area contributed by atoms with Crippen LogP contribution in [0.15, 0.2) is 18.2 Å². The molecule has 0 bridgehead atoms. The van der Waals surface area contributed by atoms with Crippen LogP contribution in [0.5, 0.6) is 0 Å². The zero-order valence-electron chi connectivity index (χ0n) is 11.3. The number of anilines is 1. The van der Waals surface area contributed by atoms with E-state index >= 15 is 0 Å². The summed E-state index contributed by atoms with van der Waals surface area (Å²) in [6.45, 7) is 5.17. The van der Waals surface area contributed by atoms with Crippen LogP contribution in [0.2, 0.25) is 0 Å². The van der Waals surface area contributed by atoms with Crippen molar-refractivity contribution in [1.82, 2.24) is 0 Å². The quantitative estimate of drug-likeness (QED) is 0.449. The molecule has 0 unspecified atom stereocenters. The van der Waals surface area contributed by atoms with Crippen molar-refractivity contribution in [2.24, 2.45) is 5.92 Å². The zero-order chi connectivity index (χ0) is 14.0. The minimum absolute atomic E-state index is 0.226. The van der Waals surface area contributed by atoms with Gasteiger partial charge in [0, 0.05) is 24.0 Å². The first-order chi connectivity index (χ1) is 9.02. The van der Waals surface area contributed by atoms with Crippen molar-refractivity contribution in [2.75, 3.05) is 11.4 Å². The van der Waals surface area contributed by atoms with Crippen molar-refractivity contribution < 1.29 is 4.92 Å². The summed E-state index contributed by atoms with van der Waals surface area (Å²) >= 11 is 3.35. The Hall–Kier alpha value is -1.10. The minimum Gasteiger partial charge on any atom is -0.363 e. The van der Waals surface area contributed by atoms with Crippen LogP contribution < -0.4 is 4.90 Å². The second-order valence-corrected chi connectivity index (χ2v) is 6.05. The molecule has 19 heavy (non-hydrogen) atoms. The van der Waals surface area contributed by atoms with Gasteiger partial charge in [-0.2, -0.15) is 0 Å². The van der Waals surface area contributed by atoms with E-state index < -0.39 is 0 Å². The monoisotopic (exact) mass is 326 g/mol. The van der Waals surface area contributed by atoms with E-state index in [-0.39, 0.29) is 10.6 Å². The average molecular weight is 327 g/mol. The van der Waals surface area contributed by atoms with Crippen LogP contribution in [0.25, 0.3) is 0 Å². The van der Waals surface area contributed by atoms with E-state index in [1.807, 2.05) is 12.1 Å². The fourth-order valence-electron chi connectivity index (χ4n) is 2.26. The maximum atomic E-state index is 11.3. The van der Waals surface area contributed by atoms with Gasteiger partial charge < -0.3 is 4.90 Å². The Morgan fingerprint density at radius 2 is 2.16 bits per heavy atom. The third-order valence-corrected chi connectivity index (χ3v) is 3.90. The second kappa shape index (κ2) is 5.90. The molecule has 1 saturated carbocycles.